The first-order valence-electron chi connectivity index (χ1n) is 12.5. The summed E-state index contributed by atoms with van der Waals surface area (Å²) in [7, 11) is 0. The number of ether oxygens (including phenoxy) is 1. The molecule has 3 rings (SSSR count). The van der Waals surface area contributed by atoms with E-state index in [4.69, 9.17) is 4.74 Å². The van der Waals surface area contributed by atoms with Gasteiger partial charge in [0.05, 0.1) is 6.10 Å². The second-order valence-corrected chi connectivity index (χ2v) is 13.2. The molecule has 8 heteroatoms. The predicted octanol–water partition coefficient (Wildman–Crippen LogP) is 3.90. The Balaban J connectivity index is 1.81. The average Bonchev–Trinajstić information content (AvgIpc) is 2.97. The number of thioether (sulfide) groups is 1. The number of carboxylic acids is 1. The van der Waals surface area contributed by atoms with Crippen molar-refractivity contribution in [3.05, 3.63) is 0 Å². The summed E-state index contributed by atoms with van der Waals surface area (Å²) in [6.07, 6.45) is 3.74. The van der Waals surface area contributed by atoms with Crippen LogP contribution in [0.1, 0.15) is 81.1 Å². The maximum atomic E-state index is 13.8. The highest BCUT2D eigenvalue weighted by Crippen LogP contribution is 2.51. The Morgan fingerprint density at radius 2 is 1.91 bits per heavy atom. The Morgan fingerprint density at radius 3 is 2.42 bits per heavy atom. The van der Waals surface area contributed by atoms with Gasteiger partial charge in [-0.05, 0) is 56.8 Å². The number of nitrogens with one attached hydrogen (secondary N) is 1. The number of carbonyl (C=O) groups excluding carboxylic acids is 2. The lowest BCUT2D eigenvalue weighted by atomic mass is 9.74. The molecule has 7 atom stereocenters. The summed E-state index contributed by atoms with van der Waals surface area (Å²) < 4.78 is 6.15. The van der Waals surface area contributed by atoms with E-state index in [9.17, 15) is 19.5 Å². The summed E-state index contributed by atoms with van der Waals surface area (Å²) in [6.45, 7) is 16.3. The van der Waals surface area contributed by atoms with E-state index in [1.165, 1.54) is 23.1 Å². The number of β-lactam (4-membered cyclic amide) rings is 1. The van der Waals surface area contributed by atoms with Crippen LogP contribution in [0.4, 0.5) is 0 Å². The maximum Gasteiger partial charge on any atom is 0.327 e. The molecule has 0 spiro atoms. The number of hydrogen-bond donors (Lipinski definition) is 2. The van der Waals surface area contributed by atoms with E-state index in [2.05, 4.69) is 26.1 Å². The molecule has 0 unspecified atom stereocenters. The van der Waals surface area contributed by atoms with E-state index in [1.807, 2.05) is 34.6 Å². The third-order valence-corrected chi connectivity index (χ3v) is 9.70. The van der Waals surface area contributed by atoms with Gasteiger partial charge in [-0.15, -0.1) is 11.8 Å². The minimum atomic E-state index is -1.03. The third-order valence-electron chi connectivity index (χ3n) is 8.13. The molecule has 0 bridgehead atoms. The Hall–Kier alpha value is -1.28. The van der Waals surface area contributed by atoms with E-state index in [-0.39, 0.29) is 29.2 Å². The molecule has 188 valence electrons. The van der Waals surface area contributed by atoms with Crippen molar-refractivity contribution in [3.8, 4) is 0 Å². The Morgan fingerprint density at radius 1 is 1.27 bits per heavy atom. The van der Waals surface area contributed by atoms with Gasteiger partial charge >= 0.3 is 5.97 Å². The minimum absolute atomic E-state index is 0.00613. The summed E-state index contributed by atoms with van der Waals surface area (Å²) in [5.41, 5.74) is -1.03. The molecule has 2 N–H and O–H groups in total. The number of hydrogen-bond acceptors (Lipinski definition) is 5. The minimum Gasteiger partial charge on any atom is -0.480 e. The van der Waals surface area contributed by atoms with E-state index < -0.39 is 28.4 Å². The van der Waals surface area contributed by atoms with Crippen molar-refractivity contribution in [2.75, 3.05) is 0 Å². The molecule has 1 aliphatic carbocycles. The van der Waals surface area contributed by atoms with Crippen LogP contribution in [0.25, 0.3) is 0 Å². The Bertz CT molecular complexity index is 785. The zero-order chi connectivity index (χ0) is 24.9. The maximum absolute atomic E-state index is 13.8. The SMILES string of the molecule is CC[C@@](O[C@@H]1C[C@@H](C)CC[C@@H]1C(C)C)(C(=O)N[C@@H]1C(=O)N2[C@@H]1SC(C)(C)[C@@H]2C(=O)O)C(C)C. The molecular weight excluding hydrogens is 440 g/mol. The molecule has 7 nitrogen and oxygen atoms in total. The summed E-state index contributed by atoms with van der Waals surface area (Å²) in [5, 5.41) is 12.3. The Labute approximate surface area is 202 Å². The molecular formula is C25H42N2O5S. The normalized spacial score (nSPS) is 35.2. The lowest BCUT2D eigenvalue weighted by Crippen LogP contribution is -2.72. The van der Waals surface area contributed by atoms with Crippen molar-refractivity contribution in [2.24, 2.45) is 23.7 Å². The molecule has 0 radical (unpaired) electrons. The van der Waals surface area contributed by atoms with Crippen molar-refractivity contribution < 1.29 is 24.2 Å². The van der Waals surface area contributed by atoms with E-state index in [0.717, 1.165) is 12.8 Å². The zero-order valence-electron chi connectivity index (χ0n) is 21.4. The number of fused-ring (bicyclic) bond motifs is 1. The lowest BCUT2D eigenvalue weighted by molar-refractivity contribution is -0.184. The van der Waals surface area contributed by atoms with Gasteiger partial charge in [0.1, 0.15) is 23.1 Å². The van der Waals surface area contributed by atoms with E-state index in [1.54, 1.807) is 0 Å². The van der Waals surface area contributed by atoms with E-state index in [0.29, 0.717) is 24.2 Å². The second kappa shape index (κ2) is 9.40. The van der Waals surface area contributed by atoms with Gasteiger partial charge in [-0.25, -0.2) is 4.79 Å². The van der Waals surface area contributed by atoms with Gasteiger partial charge in [-0.2, -0.15) is 0 Å². The highest BCUT2D eigenvalue weighted by atomic mass is 32.2. The van der Waals surface area contributed by atoms with Crippen molar-refractivity contribution in [2.45, 2.75) is 115 Å². The Kier molecular flexibility index (Phi) is 7.50. The molecule has 2 saturated heterocycles. The van der Waals surface area contributed by atoms with Crippen LogP contribution in [0.3, 0.4) is 0 Å². The first-order valence-corrected chi connectivity index (χ1v) is 13.4. The smallest absolute Gasteiger partial charge is 0.327 e. The fourth-order valence-electron chi connectivity index (χ4n) is 6.03. The summed E-state index contributed by atoms with van der Waals surface area (Å²) in [4.78, 5) is 39.9. The van der Waals surface area contributed by atoms with Crippen molar-refractivity contribution in [3.63, 3.8) is 0 Å². The fraction of sp³-hybridized carbons (Fsp3) is 0.880. The molecule has 1 saturated carbocycles. The van der Waals surface area contributed by atoms with Gasteiger partial charge < -0.3 is 20.1 Å². The molecule has 33 heavy (non-hydrogen) atoms. The average molecular weight is 483 g/mol. The first kappa shape index (κ1) is 26.3. The highest BCUT2D eigenvalue weighted by molar-refractivity contribution is 8.01. The summed E-state index contributed by atoms with van der Waals surface area (Å²) in [5.74, 6) is -0.219. The number of carboxylic acid groups (broad SMARTS) is 1. The molecule has 2 aliphatic heterocycles. The van der Waals surface area contributed by atoms with Gasteiger partial charge in [0.25, 0.3) is 5.91 Å². The summed E-state index contributed by atoms with van der Waals surface area (Å²) >= 11 is 1.44. The van der Waals surface area contributed by atoms with Crippen LogP contribution in [0.5, 0.6) is 0 Å². The monoisotopic (exact) mass is 482 g/mol. The fourth-order valence-corrected chi connectivity index (χ4v) is 7.66. The molecule has 3 fully saturated rings. The van der Waals surface area contributed by atoms with Crippen LogP contribution in [0, 0.1) is 23.7 Å². The largest absolute Gasteiger partial charge is 0.480 e. The highest BCUT2D eigenvalue weighted by Gasteiger charge is 2.64. The quantitative estimate of drug-likeness (QED) is 0.510. The van der Waals surface area contributed by atoms with Crippen LogP contribution in [-0.2, 0) is 19.1 Å². The van der Waals surface area contributed by atoms with E-state index >= 15 is 0 Å². The van der Waals surface area contributed by atoms with Gasteiger partial charge in [0.2, 0.25) is 5.91 Å². The second-order valence-electron chi connectivity index (χ2n) is 11.4. The number of amides is 2. The van der Waals surface area contributed by atoms with Crippen LogP contribution in [0.2, 0.25) is 0 Å². The van der Waals surface area contributed by atoms with Crippen LogP contribution in [0.15, 0.2) is 0 Å². The first-order chi connectivity index (χ1) is 15.3. The summed E-state index contributed by atoms with van der Waals surface area (Å²) in [6, 6.07) is -1.61. The topological polar surface area (TPSA) is 95.9 Å². The number of nitrogens with zero attached hydrogens (tertiary/aromatic N) is 1. The number of rotatable bonds is 8. The van der Waals surface area contributed by atoms with Gasteiger partial charge in [-0.3, -0.25) is 9.59 Å². The molecule has 2 amide bonds. The molecule has 0 aromatic rings. The van der Waals surface area contributed by atoms with Crippen molar-refractivity contribution in [1.29, 1.82) is 0 Å². The molecule has 3 aliphatic rings. The van der Waals surface area contributed by atoms with Crippen LogP contribution >= 0.6 is 11.8 Å². The molecule has 2 heterocycles. The predicted molar refractivity (Wildman–Crippen MR) is 130 cm³/mol. The van der Waals surface area contributed by atoms with Crippen LogP contribution < -0.4 is 5.32 Å². The zero-order valence-corrected chi connectivity index (χ0v) is 22.2. The van der Waals surface area contributed by atoms with Crippen molar-refractivity contribution >= 4 is 29.5 Å². The number of aliphatic carboxylic acids is 1. The molecule has 0 aromatic heterocycles. The third kappa shape index (κ3) is 4.54. The van der Waals surface area contributed by atoms with Gasteiger partial charge in [0.15, 0.2) is 0 Å². The number of carbonyl (C=O) groups is 3. The standard InChI is InChI=1S/C25H42N2O5S/c1-9-25(14(4)5,32-17-12-15(6)10-11-16(17)13(2)3)23(31)26-18-20(28)27-19(22(29)30)24(7,8)33-21(18)27/h13-19,21H,9-12H2,1-8H3,(H,26,31)(H,29,30)/t15-,16+,17+,18+,19-,21+,25-/m0/s1. The van der Waals surface area contributed by atoms with Gasteiger partial charge in [0, 0.05) is 4.75 Å². The van der Waals surface area contributed by atoms with Gasteiger partial charge in [-0.1, -0.05) is 48.0 Å². The van der Waals surface area contributed by atoms with Crippen molar-refractivity contribution in [1.82, 2.24) is 10.2 Å². The molecule has 0 aromatic carbocycles. The van der Waals surface area contributed by atoms with Crippen LogP contribution in [-0.4, -0.2) is 61.7 Å². The lowest BCUT2D eigenvalue weighted by Gasteiger charge is -2.47.